The van der Waals surface area contributed by atoms with E-state index >= 15 is 0 Å². The van der Waals surface area contributed by atoms with E-state index in [-0.39, 0.29) is 5.56 Å². The molecule has 3 nitrogen and oxygen atoms in total. The van der Waals surface area contributed by atoms with Crippen LogP contribution in [0.3, 0.4) is 0 Å². The number of halogens is 5. The van der Waals surface area contributed by atoms with Crippen LogP contribution in [0.2, 0.25) is 0 Å². The van der Waals surface area contributed by atoms with Gasteiger partial charge in [-0.1, -0.05) is 18.2 Å². The van der Waals surface area contributed by atoms with Gasteiger partial charge < -0.3 is 0 Å². The molecule has 0 aliphatic rings. The highest BCUT2D eigenvalue weighted by Crippen LogP contribution is 2.31. The third-order valence-corrected chi connectivity index (χ3v) is 4.82. The molecule has 0 amide bonds. The molecule has 0 heterocycles. The third kappa shape index (κ3) is 3.90. The molecule has 0 aromatic heterocycles. The maximum Gasteiger partial charge on any atom is 0.416 e. The number of hydrogen-bond donors (Lipinski definition) is 1. The molecule has 0 fully saturated rings. The number of sulfonamides is 1. The average molecular weight is 365 g/mol. The first-order valence-corrected chi connectivity index (χ1v) is 8.14. The summed E-state index contributed by atoms with van der Waals surface area (Å²) in [4.78, 5) is -1.18. The first kappa shape index (κ1) is 18.3. The summed E-state index contributed by atoms with van der Waals surface area (Å²) in [6.45, 7) is 1.27. The summed E-state index contributed by atoms with van der Waals surface area (Å²) in [5.41, 5.74) is -0.951. The van der Waals surface area contributed by atoms with E-state index in [0.717, 1.165) is 36.4 Å². The van der Waals surface area contributed by atoms with Gasteiger partial charge in [0.1, 0.15) is 11.6 Å². The minimum Gasteiger partial charge on any atom is -0.207 e. The first-order valence-electron chi connectivity index (χ1n) is 6.66. The van der Waals surface area contributed by atoms with E-state index in [1.165, 1.54) is 13.0 Å². The van der Waals surface area contributed by atoms with Gasteiger partial charge in [0.05, 0.1) is 5.56 Å². The van der Waals surface area contributed by atoms with Crippen molar-refractivity contribution in [2.75, 3.05) is 0 Å². The Morgan fingerprint density at radius 1 is 1.00 bits per heavy atom. The van der Waals surface area contributed by atoms with Gasteiger partial charge in [-0.05, 0) is 36.8 Å². The van der Waals surface area contributed by atoms with E-state index in [0.29, 0.717) is 0 Å². The van der Waals surface area contributed by atoms with Crippen molar-refractivity contribution in [3.63, 3.8) is 0 Å². The second kappa shape index (κ2) is 6.48. The van der Waals surface area contributed by atoms with Crippen molar-refractivity contribution in [3.8, 4) is 0 Å². The van der Waals surface area contributed by atoms with Gasteiger partial charge in [-0.15, -0.1) is 0 Å². The fourth-order valence-electron chi connectivity index (χ4n) is 2.08. The maximum atomic E-state index is 13.6. The van der Waals surface area contributed by atoms with E-state index in [4.69, 9.17) is 0 Å². The molecule has 2 aromatic carbocycles. The largest absolute Gasteiger partial charge is 0.416 e. The molecule has 0 aliphatic carbocycles. The van der Waals surface area contributed by atoms with Crippen LogP contribution in [0.1, 0.15) is 24.1 Å². The van der Waals surface area contributed by atoms with E-state index < -0.39 is 44.3 Å². The predicted octanol–water partition coefficient (Wildman–Crippen LogP) is 4.02. The van der Waals surface area contributed by atoms with Crippen molar-refractivity contribution in [1.29, 1.82) is 0 Å². The van der Waals surface area contributed by atoms with E-state index in [1.54, 1.807) is 0 Å². The monoisotopic (exact) mass is 365 g/mol. The lowest BCUT2D eigenvalue weighted by atomic mass is 10.1. The van der Waals surface area contributed by atoms with Crippen LogP contribution in [0.15, 0.2) is 47.4 Å². The Bertz CT molecular complexity index is 829. The molecular formula is C15H12F5NO2S. The van der Waals surface area contributed by atoms with Crippen LogP contribution < -0.4 is 4.72 Å². The van der Waals surface area contributed by atoms with Gasteiger partial charge in [0.15, 0.2) is 4.90 Å². The Kier molecular flexibility index (Phi) is 4.95. The summed E-state index contributed by atoms with van der Waals surface area (Å²) >= 11 is 0. The van der Waals surface area contributed by atoms with Gasteiger partial charge >= 0.3 is 6.18 Å². The van der Waals surface area contributed by atoms with Crippen LogP contribution >= 0.6 is 0 Å². The van der Waals surface area contributed by atoms with Crippen LogP contribution in [0.25, 0.3) is 0 Å². The molecule has 0 aliphatic heterocycles. The number of nitrogens with one attached hydrogen (secondary N) is 1. The molecule has 0 bridgehead atoms. The second-order valence-electron chi connectivity index (χ2n) is 5.02. The van der Waals surface area contributed by atoms with Gasteiger partial charge in [-0.25, -0.2) is 21.9 Å². The van der Waals surface area contributed by atoms with Gasteiger partial charge in [0.25, 0.3) is 0 Å². The highest BCUT2D eigenvalue weighted by Gasteiger charge is 2.31. The smallest absolute Gasteiger partial charge is 0.207 e. The highest BCUT2D eigenvalue weighted by atomic mass is 32.2. The van der Waals surface area contributed by atoms with Crippen molar-refractivity contribution >= 4 is 10.0 Å². The SMILES string of the molecule is CC(NS(=O)(=O)c1c(F)cccc1F)c1cccc(C(F)(F)F)c1. The third-order valence-electron chi connectivity index (χ3n) is 3.23. The molecule has 1 unspecified atom stereocenters. The Morgan fingerprint density at radius 2 is 1.54 bits per heavy atom. The van der Waals surface area contributed by atoms with Crippen LogP contribution in [-0.2, 0) is 16.2 Å². The minimum absolute atomic E-state index is 0.00477. The van der Waals surface area contributed by atoms with Crippen LogP contribution in [0, 0.1) is 11.6 Å². The molecular weight excluding hydrogens is 353 g/mol. The van der Waals surface area contributed by atoms with Crippen molar-refractivity contribution in [1.82, 2.24) is 4.72 Å². The zero-order valence-corrected chi connectivity index (χ0v) is 13.0. The average Bonchev–Trinajstić information content (AvgIpc) is 2.45. The second-order valence-corrected chi connectivity index (χ2v) is 6.67. The molecule has 0 saturated heterocycles. The summed E-state index contributed by atoms with van der Waals surface area (Å²) in [6.07, 6.45) is -4.59. The van der Waals surface area contributed by atoms with Crippen LogP contribution in [0.5, 0.6) is 0 Å². The molecule has 24 heavy (non-hydrogen) atoms. The highest BCUT2D eigenvalue weighted by molar-refractivity contribution is 7.89. The van der Waals surface area contributed by atoms with Gasteiger partial charge in [0, 0.05) is 6.04 Å². The summed E-state index contributed by atoms with van der Waals surface area (Å²) in [7, 11) is -4.60. The number of hydrogen-bond acceptors (Lipinski definition) is 2. The molecule has 1 N–H and O–H groups in total. The molecule has 2 aromatic rings. The zero-order valence-electron chi connectivity index (χ0n) is 12.2. The molecule has 0 saturated carbocycles. The van der Waals surface area contributed by atoms with E-state index in [2.05, 4.69) is 0 Å². The lowest BCUT2D eigenvalue weighted by Gasteiger charge is -2.17. The molecule has 0 spiro atoms. The van der Waals surface area contributed by atoms with Crippen LogP contribution in [-0.4, -0.2) is 8.42 Å². The molecule has 0 radical (unpaired) electrons. The standard InChI is InChI=1S/C15H12F5NO2S/c1-9(10-4-2-5-11(8-10)15(18,19)20)21-24(22,23)14-12(16)6-3-7-13(14)17/h2-9,21H,1H3. The fraction of sp³-hybridized carbons (Fsp3) is 0.200. The molecule has 130 valence electrons. The summed E-state index contributed by atoms with van der Waals surface area (Å²) < 4.78 is 91.6. The number of benzene rings is 2. The predicted molar refractivity (Wildman–Crippen MR) is 76.5 cm³/mol. The normalized spacial score (nSPS) is 13.8. The van der Waals surface area contributed by atoms with E-state index in [1.807, 2.05) is 4.72 Å². The summed E-state index contributed by atoms with van der Waals surface area (Å²) in [5, 5.41) is 0. The van der Waals surface area contributed by atoms with Crippen molar-refractivity contribution in [2.45, 2.75) is 24.0 Å². The number of rotatable bonds is 4. The van der Waals surface area contributed by atoms with Gasteiger partial charge in [-0.3, -0.25) is 0 Å². The lowest BCUT2D eigenvalue weighted by molar-refractivity contribution is -0.137. The summed E-state index contributed by atoms with van der Waals surface area (Å²) in [5.74, 6) is -2.59. The van der Waals surface area contributed by atoms with E-state index in [9.17, 15) is 30.4 Å². The van der Waals surface area contributed by atoms with Crippen molar-refractivity contribution < 1.29 is 30.4 Å². The first-order chi connectivity index (χ1) is 11.0. The maximum absolute atomic E-state index is 13.6. The number of alkyl halides is 3. The van der Waals surface area contributed by atoms with Crippen molar-refractivity contribution in [2.24, 2.45) is 0 Å². The molecule has 2 rings (SSSR count). The van der Waals surface area contributed by atoms with Gasteiger partial charge in [0.2, 0.25) is 10.0 Å². The Hall–Kier alpha value is -2.00. The van der Waals surface area contributed by atoms with Crippen molar-refractivity contribution in [3.05, 3.63) is 65.2 Å². The molecule has 1 atom stereocenters. The lowest BCUT2D eigenvalue weighted by Crippen LogP contribution is -2.28. The topological polar surface area (TPSA) is 46.2 Å². The Labute approximate surface area is 135 Å². The fourth-order valence-corrected chi connectivity index (χ4v) is 3.45. The van der Waals surface area contributed by atoms with Gasteiger partial charge in [-0.2, -0.15) is 13.2 Å². The minimum atomic E-state index is -4.60. The zero-order chi connectivity index (χ0) is 18.1. The Balaban J connectivity index is 2.34. The Morgan fingerprint density at radius 3 is 2.08 bits per heavy atom. The molecule has 9 heteroatoms. The quantitative estimate of drug-likeness (QED) is 0.832. The van der Waals surface area contributed by atoms with Crippen LogP contribution in [0.4, 0.5) is 22.0 Å². The summed E-state index contributed by atoms with van der Waals surface area (Å²) in [6, 6.07) is 5.41.